The molecular formula is C18H33N3O2S2. The number of hydrogen-bond donors (Lipinski definition) is 2. The van der Waals surface area contributed by atoms with Gasteiger partial charge in [0.15, 0.2) is 0 Å². The summed E-state index contributed by atoms with van der Waals surface area (Å²) in [5.41, 5.74) is 0. The highest BCUT2D eigenvalue weighted by Gasteiger charge is 2.42. The Morgan fingerprint density at radius 2 is 1.88 bits per heavy atom. The van der Waals surface area contributed by atoms with E-state index in [-0.39, 0.29) is 5.25 Å². The van der Waals surface area contributed by atoms with E-state index >= 15 is 0 Å². The average molecular weight is 388 g/mol. The second-order valence-corrected chi connectivity index (χ2v) is 12.3. The summed E-state index contributed by atoms with van der Waals surface area (Å²) in [7, 11) is -2.85. The lowest BCUT2D eigenvalue weighted by Gasteiger charge is -2.41. The van der Waals surface area contributed by atoms with Crippen LogP contribution in [0.25, 0.3) is 0 Å². The minimum Gasteiger partial charge on any atom is -0.297 e. The van der Waals surface area contributed by atoms with Crippen molar-refractivity contribution in [3.05, 3.63) is 0 Å². The summed E-state index contributed by atoms with van der Waals surface area (Å²) in [4.78, 5) is 2.66. The number of fused-ring (bicyclic) bond motifs is 1. The Balaban J connectivity index is 1.28. The number of nitrogens with zero attached hydrogens (tertiary/aromatic N) is 1. The predicted molar refractivity (Wildman–Crippen MR) is 105 cm³/mol. The van der Waals surface area contributed by atoms with Crippen molar-refractivity contribution in [2.75, 3.05) is 25.2 Å². The van der Waals surface area contributed by atoms with Crippen LogP contribution in [0.4, 0.5) is 0 Å². The zero-order valence-corrected chi connectivity index (χ0v) is 17.0. The van der Waals surface area contributed by atoms with Crippen molar-refractivity contribution in [1.82, 2.24) is 15.5 Å². The molecule has 0 amide bonds. The standard InChI is InChI=1S/C18H33N3O2S2/c1-25(22,23)15-6-4-13(5-7-15)16-8-9-17-18(20-16)19-12-21(17)11-14-3-2-10-24-14/h13-20H,2-12H2,1H3. The van der Waals surface area contributed by atoms with Crippen LogP contribution in [0.1, 0.15) is 51.4 Å². The second kappa shape index (κ2) is 7.66. The fourth-order valence-corrected chi connectivity index (χ4v) is 7.83. The van der Waals surface area contributed by atoms with E-state index in [2.05, 4.69) is 27.3 Å². The third kappa shape index (κ3) is 4.21. The molecule has 0 radical (unpaired) electrons. The molecular weight excluding hydrogens is 354 g/mol. The molecule has 4 atom stereocenters. The van der Waals surface area contributed by atoms with Gasteiger partial charge in [0.2, 0.25) is 0 Å². The molecule has 0 aromatic heterocycles. The van der Waals surface area contributed by atoms with Crippen LogP contribution in [-0.2, 0) is 9.84 Å². The quantitative estimate of drug-likeness (QED) is 0.767. The molecule has 3 heterocycles. The van der Waals surface area contributed by atoms with Crippen molar-refractivity contribution < 1.29 is 8.42 Å². The highest BCUT2D eigenvalue weighted by Crippen LogP contribution is 2.35. The predicted octanol–water partition coefficient (Wildman–Crippen LogP) is 1.79. The highest BCUT2D eigenvalue weighted by molar-refractivity contribution is 8.00. The number of hydrogen-bond acceptors (Lipinski definition) is 6. The van der Waals surface area contributed by atoms with Crippen LogP contribution in [0.5, 0.6) is 0 Å². The lowest BCUT2D eigenvalue weighted by atomic mass is 9.79. The summed E-state index contributed by atoms with van der Waals surface area (Å²) in [5.74, 6) is 2.00. The first-order valence-electron chi connectivity index (χ1n) is 10.0. The molecule has 4 aliphatic rings. The summed E-state index contributed by atoms with van der Waals surface area (Å²) >= 11 is 2.16. The fourth-order valence-electron chi connectivity index (χ4n) is 5.40. The van der Waals surface area contributed by atoms with Gasteiger partial charge in [0, 0.05) is 36.8 Å². The topological polar surface area (TPSA) is 61.4 Å². The Morgan fingerprint density at radius 3 is 2.56 bits per heavy atom. The molecule has 3 aliphatic heterocycles. The van der Waals surface area contributed by atoms with Crippen LogP contribution in [0.3, 0.4) is 0 Å². The Labute approximate surface area is 157 Å². The molecule has 1 aliphatic carbocycles. The SMILES string of the molecule is CS(=O)(=O)C1CCC(C2CCC3C(NCN3CC3CCCS3)N2)CC1. The Bertz CT molecular complexity index is 557. The van der Waals surface area contributed by atoms with Gasteiger partial charge in [-0.15, -0.1) is 0 Å². The smallest absolute Gasteiger partial charge is 0.150 e. The van der Waals surface area contributed by atoms with Crippen molar-refractivity contribution in [2.24, 2.45) is 5.92 Å². The van der Waals surface area contributed by atoms with Gasteiger partial charge in [-0.3, -0.25) is 15.5 Å². The van der Waals surface area contributed by atoms with Gasteiger partial charge in [0.05, 0.1) is 11.4 Å². The first-order valence-corrected chi connectivity index (χ1v) is 13.0. The number of thioether (sulfide) groups is 1. The van der Waals surface area contributed by atoms with Gasteiger partial charge in [-0.05, 0) is 63.0 Å². The van der Waals surface area contributed by atoms with Gasteiger partial charge in [-0.1, -0.05) is 0 Å². The van der Waals surface area contributed by atoms with E-state index in [4.69, 9.17) is 0 Å². The van der Waals surface area contributed by atoms with Gasteiger partial charge in [-0.25, -0.2) is 8.42 Å². The average Bonchev–Trinajstić information content (AvgIpc) is 3.24. The zero-order valence-electron chi connectivity index (χ0n) is 15.3. The van der Waals surface area contributed by atoms with Crippen LogP contribution in [-0.4, -0.2) is 67.3 Å². The molecule has 4 unspecified atom stereocenters. The lowest BCUT2D eigenvalue weighted by Crippen LogP contribution is -2.57. The maximum atomic E-state index is 11.8. The molecule has 3 saturated heterocycles. The van der Waals surface area contributed by atoms with Crippen molar-refractivity contribution in [1.29, 1.82) is 0 Å². The van der Waals surface area contributed by atoms with E-state index < -0.39 is 9.84 Å². The number of nitrogens with one attached hydrogen (secondary N) is 2. The first kappa shape index (κ1) is 18.5. The molecule has 5 nitrogen and oxygen atoms in total. The largest absolute Gasteiger partial charge is 0.297 e. The molecule has 144 valence electrons. The van der Waals surface area contributed by atoms with E-state index in [1.165, 1.54) is 44.2 Å². The molecule has 1 saturated carbocycles. The van der Waals surface area contributed by atoms with Crippen molar-refractivity contribution >= 4 is 21.6 Å². The Kier molecular flexibility index (Phi) is 5.68. The zero-order chi connectivity index (χ0) is 17.4. The maximum Gasteiger partial charge on any atom is 0.150 e. The van der Waals surface area contributed by atoms with Crippen molar-refractivity contribution in [3.8, 4) is 0 Å². The normalized spacial score (nSPS) is 43.2. The monoisotopic (exact) mass is 387 g/mol. The van der Waals surface area contributed by atoms with Crippen LogP contribution in [0.15, 0.2) is 0 Å². The van der Waals surface area contributed by atoms with Gasteiger partial charge in [0.1, 0.15) is 9.84 Å². The highest BCUT2D eigenvalue weighted by atomic mass is 32.2. The molecule has 2 N–H and O–H groups in total. The molecule has 0 aromatic rings. The molecule has 0 spiro atoms. The molecule has 0 bridgehead atoms. The molecule has 4 fully saturated rings. The second-order valence-electron chi connectivity index (χ2n) is 8.53. The van der Waals surface area contributed by atoms with E-state index in [0.717, 1.165) is 37.6 Å². The first-order chi connectivity index (χ1) is 12.0. The minimum atomic E-state index is -2.85. The van der Waals surface area contributed by atoms with Crippen LogP contribution in [0, 0.1) is 5.92 Å². The van der Waals surface area contributed by atoms with E-state index in [0.29, 0.717) is 24.2 Å². The maximum absolute atomic E-state index is 11.8. The fraction of sp³-hybridized carbons (Fsp3) is 1.00. The van der Waals surface area contributed by atoms with E-state index in [1.54, 1.807) is 0 Å². The van der Waals surface area contributed by atoms with Crippen LogP contribution < -0.4 is 10.6 Å². The molecule has 4 rings (SSSR count). The number of rotatable bonds is 4. The summed E-state index contributed by atoms with van der Waals surface area (Å²) in [6, 6.07) is 1.21. The summed E-state index contributed by atoms with van der Waals surface area (Å²) < 4.78 is 23.5. The molecule has 25 heavy (non-hydrogen) atoms. The van der Waals surface area contributed by atoms with Crippen LogP contribution in [0.2, 0.25) is 0 Å². The third-order valence-electron chi connectivity index (χ3n) is 6.89. The van der Waals surface area contributed by atoms with Gasteiger partial charge >= 0.3 is 0 Å². The summed E-state index contributed by atoms with van der Waals surface area (Å²) in [6.07, 6.45) is 11.0. The number of piperidine rings is 1. The van der Waals surface area contributed by atoms with Crippen molar-refractivity contribution in [2.45, 2.75) is 80.1 Å². The summed E-state index contributed by atoms with van der Waals surface area (Å²) in [5, 5.41) is 8.32. The summed E-state index contributed by atoms with van der Waals surface area (Å²) in [6.45, 7) is 2.26. The Morgan fingerprint density at radius 1 is 1.08 bits per heavy atom. The van der Waals surface area contributed by atoms with E-state index in [1.807, 2.05) is 0 Å². The van der Waals surface area contributed by atoms with Crippen molar-refractivity contribution in [3.63, 3.8) is 0 Å². The van der Waals surface area contributed by atoms with Gasteiger partial charge in [-0.2, -0.15) is 11.8 Å². The minimum absolute atomic E-state index is 0.0934. The number of sulfone groups is 1. The van der Waals surface area contributed by atoms with Gasteiger partial charge in [0.25, 0.3) is 0 Å². The van der Waals surface area contributed by atoms with Crippen LogP contribution >= 0.6 is 11.8 Å². The molecule has 0 aromatic carbocycles. The Hall–Kier alpha value is 0.180. The van der Waals surface area contributed by atoms with E-state index in [9.17, 15) is 8.42 Å². The molecule has 7 heteroatoms. The lowest BCUT2D eigenvalue weighted by molar-refractivity contribution is 0.142. The third-order valence-corrected chi connectivity index (χ3v) is 9.95. The van der Waals surface area contributed by atoms with Gasteiger partial charge < -0.3 is 0 Å².